The Morgan fingerprint density at radius 2 is 1.84 bits per heavy atom. The van der Waals surface area contributed by atoms with Crippen molar-refractivity contribution in [2.24, 2.45) is 0 Å². The molecule has 0 amide bonds. The second-order valence-corrected chi connectivity index (χ2v) is 6.01. The Hall–Kier alpha value is -1.33. The minimum atomic E-state index is -0.334. The minimum absolute atomic E-state index is 0.334. The highest BCUT2D eigenvalue weighted by Crippen LogP contribution is 2.35. The van der Waals surface area contributed by atoms with Gasteiger partial charge >= 0.3 is 5.97 Å². The summed E-state index contributed by atoms with van der Waals surface area (Å²) in [7, 11) is 0. The quantitative estimate of drug-likeness (QED) is 0.486. The first kappa shape index (κ1) is 12.7. The Kier molecular flexibility index (Phi) is 3.11. The molecule has 0 aliphatic heterocycles. The van der Waals surface area contributed by atoms with Gasteiger partial charge in [0.1, 0.15) is 5.75 Å². The molecule has 0 atom stereocenters. The number of benzene rings is 2. The molecule has 19 heavy (non-hydrogen) atoms. The van der Waals surface area contributed by atoms with Gasteiger partial charge in [-0.3, -0.25) is 4.79 Å². The Morgan fingerprint density at radius 3 is 2.58 bits per heavy atom. The highest BCUT2D eigenvalue weighted by atomic mass is 79.9. The SMILES string of the molecule is CC(=O)Oc1cc2[nH]c3ccc(Br)cc3c2cc1Br. The smallest absolute Gasteiger partial charge is 0.308 e. The molecule has 0 aliphatic rings. The van der Waals surface area contributed by atoms with Gasteiger partial charge in [0, 0.05) is 33.8 Å². The third kappa shape index (κ3) is 2.28. The zero-order chi connectivity index (χ0) is 13.6. The number of H-pyrrole nitrogens is 1. The summed E-state index contributed by atoms with van der Waals surface area (Å²) in [6, 6.07) is 9.85. The van der Waals surface area contributed by atoms with Gasteiger partial charge in [-0.1, -0.05) is 15.9 Å². The highest BCUT2D eigenvalue weighted by Gasteiger charge is 2.11. The molecule has 0 saturated carbocycles. The van der Waals surface area contributed by atoms with Gasteiger partial charge in [0.2, 0.25) is 0 Å². The lowest BCUT2D eigenvalue weighted by atomic mass is 10.1. The van der Waals surface area contributed by atoms with Crippen molar-refractivity contribution in [3.8, 4) is 5.75 Å². The maximum atomic E-state index is 11.1. The summed E-state index contributed by atoms with van der Waals surface area (Å²) >= 11 is 6.91. The number of aromatic nitrogens is 1. The maximum absolute atomic E-state index is 11.1. The molecule has 0 aliphatic carbocycles. The molecule has 0 saturated heterocycles. The standard InChI is InChI=1S/C14H9Br2NO2/c1-7(18)19-14-6-13-10(5-11(14)16)9-4-8(15)2-3-12(9)17-13/h2-6,17H,1H3. The first-order valence-corrected chi connectivity index (χ1v) is 7.22. The predicted octanol–water partition coefficient (Wildman–Crippen LogP) is 4.77. The average Bonchev–Trinajstić information content (AvgIpc) is 2.66. The molecular weight excluding hydrogens is 374 g/mol. The van der Waals surface area contributed by atoms with E-state index in [1.807, 2.05) is 24.3 Å². The molecule has 0 bridgehead atoms. The van der Waals surface area contributed by atoms with Gasteiger partial charge in [-0.25, -0.2) is 0 Å². The Labute approximate surface area is 126 Å². The summed E-state index contributed by atoms with van der Waals surface area (Å²) in [6.07, 6.45) is 0. The molecule has 0 spiro atoms. The monoisotopic (exact) mass is 381 g/mol. The molecule has 0 unspecified atom stereocenters. The molecule has 2 aromatic carbocycles. The Morgan fingerprint density at radius 1 is 1.11 bits per heavy atom. The zero-order valence-corrected chi connectivity index (χ0v) is 13.1. The van der Waals surface area contributed by atoms with Crippen LogP contribution < -0.4 is 4.74 Å². The van der Waals surface area contributed by atoms with Crippen LogP contribution in [0.15, 0.2) is 39.3 Å². The molecule has 3 nitrogen and oxygen atoms in total. The summed E-state index contributed by atoms with van der Waals surface area (Å²) in [4.78, 5) is 14.4. The second kappa shape index (κ2) is 4.65. The topological polar surface area (TPSA) is 42.1 Å². The van der Waals surface area contributed by atoms with E-state index >= 15 is 0 Å². The van der Waals surface area contributed by atoms with Crippen LogP contribution in [0.4, 0.5) is 0 Å². The first-order chi connectivity index (χ1) is 9.04. The van der Waals surface area contributed by atoms with Crippen LogP contribution in [-0.4, -0.2) is 11.0 Å². The summed E-state index contributed by atoms with van der Waals surface area (Å²) < 4.78 is 6.95. The van der Waals surface area contributed by atoms with Gasteiger partial charge in [-0.05, 0) is 40.2 Å². The van der Waals surface area contributed by atoms with Crippen molar-refractivity contribution in [1.82, 2.24) is 4.98 Å². The van der Waals surface area contributed by atoms with Gasteiger partial charge in [0.25, 0.3) is 0 Å². The fourth-order valence-corrected chi connectivity index (χ4v) is 2.89. The largest absolute Gasteiger partial charge is 0.425 e. The first-order valence-electron chi connectivity index (χ1n) is 5.63. The van der Waals surface area contributed by atoms with Crippen LogP contribution in [0.2, 0.25) is 0 Å². The van der Waals surface area contributed by atoms with Crippen molar-refractivity contribution < 1.29 is 9.53 Å². The van der Waals surface area contributed by atoms with E-state index in [0.29, 0.717) is 5.75 Å². The van der Waals surface area contributed by atoms with Crippen molar-refractivity contribution in [1.29, 1.82) is 0 Å². The molecule has 1 N–H and O–H groups in total. The highest BCUT2D eigenvalue weighted by molar-refractivity contribution is 9.10. The predicted molar refractivity (Wildman–Crippen MR) is 82.5 cm³/mol. The van der Waals surface area contributed by atoms with Crippen molar-refractivity contribution in [3.63, 3.8) is 0 Å². The van der Waals surface area contributed by atoms with Crippen LogP contribution in [0.25, 0.3) is 21.8 Å². The summed E-state index contributed by atoms with van der Waals surface area (Å²) in [6.45, 7) is 1.39. The fourth-order valence-electron chi connectivity index (χ4n) is 2.11. The second-order valence-electron chi connectivity index (χ2n) is 4.24. The number of ether oxygens (including phenoxy) is 1. The summed E-state index contributed by atoms with van der Waals surface area (Å²) in [5, 5.41) is 2.21. The number of halogens is 2. The van der Waals surface area contributed by atoms with Crippen molar-refractivity contribution in [2.45, 2.75) is 6.92 Å². The van der Waals surface area contributed by atoms with E-state index < -0.39 is 0 Å². The summed E-state index contributed by atoms with van der Waals surface area (Å²) in [5.74, 6) is 0.185. The van der Waals surface area contributed by atoms with Gasteiger partial charge in [-0.2, -0.15) is 0 Å². The number of carbonyl (C=O) groups excluding carboxylic acids is 1. The van der Waals surface area contributed by atoms with Gasteiger partial charge in [0.15, 0.2) is 0 Å². The van der Waals surface area contributed by atoms with Gasteiger partial charge in [0.05, 0.1) is 9.99 Å². The van der Waals surface area contributed by atoms with Gasteiger partial charge < -0.3 is 9.72 Å². The molecule has 1 aromatic heterocycles. The zero-order valence-electron chi connectivity index (χ0n) is 9.96. The third-order valence-electron chi connectivity index (χ3n) is 2.87. The number of esters is 1. The number of rotatable bonds is 1. The molecular formula is C14H9Br2NO2. The van der Waals surface area contributed by atoms with Gasteiger partial charge in [-0.15, -0.1) is 0 Å². The number of hydrogen-bond donors (Lipinski definition) is 1. The lowest BCUT2D eigenvalue weighted by Crippen LogP contribution is -2.01. The van der Waals surface area contributed by atoms with E-state index in [1.54, 1.807) is 0 Å². The van der Waals surface area contributed by atoms with Crippen LogP contribution in [0, 0.1) is 0 Å². The maximum Gasteiger partial charge on any atom is 0.308 e. The van der Waals surface area contributed by atoms with Crippen molar-refractivity contribution in [3.05, 3.63) is 39.3 Å². The van der Waals surface area contributed by atoms with Crippen molar-refractivity contribution in [2.75, 3.05) is 0 Å². The number of carbonyl (C=O) groups is 1. The van der Waals surface area contributed by atoms with Crippen LogP contribution >= 0.6 is 31.9 Å². The van der Waals surface area contributed by atoms with Crippen molar-refractivity contribution >= 4 is 59.6 Å². The molecule has 96 valence electrons. The Balaban J connectivity index is 2.30. The fraction of sp³-hybridized carbons (Fsp3) is 0.0714. The molecule has 0 radical (unpaired) electrons. The number of nitrogens with one attached hydrogen (secondary N) is 1. The third-order valence-corrected chi connectivity index (χ3v) is 3.98. The van der Waals surface area contributed by atoms with Crippen LogP contribution in [0.5, 0.6) is 5.75 Å². The number of fused-ring (bicyclic) bond motifs is 3. The lowest BCUT2D eigenvalue weighted by molar-refractivity contribution is -0.131. The molecule has 1 heterocycles. The lowest BCUT2D eigenvalue weighted by Gasteiger charge is -2.04. The summed E-state index contributed by atoms with van der Waals surface area (Å²) in [5.41, 5.74) is 1.98. The van der Waals surface area contributed by atoms with Crippen LogP contribution in [-0.2, 0) is 4.79 Å². The molecule has 5 heteroatoms. The van der Waals surface area contributed by atoms with E-state index in [0.717, 1.165) is 30.8 Å². The molecule has 3 rings (SSSR count). The Bertz CT molecular complexity index is 808. The number of aromatic amines is 1. The molecule has 3 aromatic rings. The average molecular weight is 383 g/mol. The van der Waals surface area contributed by atoms with Crippen LogP contribution in [0.1, 0.15) is 6.92 Å². The van der Waals surface area contributed by atoms with E-state index in [4.69, 9.17) is 4.74 Å². The normalized spacial score (nSPS) is 11.1. The van der Waals surface area contributed by atoms with E-state index in [2.05, 4.69) is 42.9 Å². The number of hydrogen-bond acceptors (Lipinski definition) is 2. The van der Waals surface area contributed by atoms with E-state index in [-0.39, 0.29) is 5.97 Å². The van der Waals surface area contributed by atoms with Crippen LogP contribution in [0.3, 0.4) is 0 Å². The minimum Gasteiger partial charge on any atom is -0.425 e. The van der Waals surface area contributed by atoms with E-state index in [9.17, 15) is 4.79 Å². The molecule has 0 fully saturated rings. The van der Waals surface area contributed by atoms with E-state index in [1.165, 1.54) is 6.92 Å².